The first-order chi connectivity index (χ1) is 9.77. The topological polar surface area (TPSA) is 21.6 Å². The summed E-state index contributed by atoms with van der Waals surface area (Å²) in [4.78, 5) is 4.86. The van der Waals surface area contributed by atoms with E-state index in [0.717, 1.165) is 5.75 Å². The van der Waals surface area contributed by atoms with E-state index in [1.165, 1.54) is 16.7 Å². The third kappa shape index (κ3) is 4.59. The number of ether oxygens (including phenoxy) is 1. The molecule has 0 radical (unpaired) electrons. The minimum atomic E-state index is 0.359. The zero-order chi connectivity index (χ0) is 16.2. The summed E-state index contributed by atoms with van der Waals surface area (Å²) >= 11 is 0. The van der Waals surface area contributed by atoms with Gasteiger partial charge in [-0.3, -0.25) is 4.99 Å². The molecule has 0 N–H and O–H groups in total. The Balaban J connectivity index is 3.21. The van der Waals surface area contributed by atoms with Gasteiger partial charge in [-0.1, -0.05) is 47.6 Å². The number of hydrogen-bond acceptors (Lipinski definition) is 2. The van der Waals surface area contributed by atoms with Crippen molar-refractivity contribution in [1.29, 1.82) is 0 Å². The molecule has 118 valence electrons. The molecule has 0 fully saturated rings. The fraction of sp³-hybridized carbons (Fsp3) is 0.632. The van der Waals surface area contributed by atoms with E-state index in [4.69, 9.17) is 9.73 Å². The van der Waals surface area contributed by atoms with Crippen molar-refractivity contribution >= 4 is 6.21 Å². The highest BCUT2D eigenvalue weighted by atomic mass is 16.5. The van der Waals surface area contributed by atoms with E-state index < -0.39 is 0 Å². The minimum Gasteiger partial charge on any atom is -0.496 e. The van der Waals surface area contributed by atoms with Gasteiger partial charge in [-0.05, 0) is 47.4 Å². The third-order valence-electron chi connectivity index (χ3n) is 3.97. The summed E-state index contributed by atoms with van der Waals surface area (Å²) in [6.07, 6.45) is 2.04. The minimum absolute atomic E-state index is 0.359. The summed E-state index contributed by atoms with van der Waals surface area (Å²) in [5.41, 5.74) is 3.70. The molecular weight excluding hydrogens is 258 g/mol. The summed E-state index contributed by atoms with van der Waals surface area (Å²) in [6, 6.07) is 4.70. The largest absolute Gasteiger partial charge is 0.496 e. The van der Waals surface area contributed by atoms with Crippen LogP contribution in [-0.2, 0) is 0 Å². The predicted molar refractivity (Wildman–Crippen MR) is 92.9 cm³/mol. The maximum Gasteiger partial charge on any atom is 0.122 e. The van der Waals surface area contributed by atoms with Crippen LogP contribution in [0.3, 0.4) is 0 Å². The second-order valence-electron chi connectivity index (χ2n) is 6.86. The fourth-order valence-electron chi connectivity index (χ4n) is 2.84. The third-order valence-corrected chi connectivity index (χ3v) is 3.97. The van der Waals surface area contributed by atoms with Crippen molar-refractivity contribution in [2.45, 2.75) is 60.4 Å². The van der Waals surface area contributed by atoms with E-state index >= 15 is 0 Å². The molecule has 2 nitrogen and oxygen atoms in total. The summed E-state index contributed by atoms with van der Waals surface area (Å²) in [6.45, 7) is 15.5. The van der Waals surface area contributed by atoms with E-state index in [-0.39, 0.29) is 0 Å². The molecule has 0 aliphatic carbocycles. The van der Waals surface area contributed by atoms with Crippen molar-refractivity contribution in [3.63, 3.8) is 0 Å². The van der Waals surface area contributed by atoms with Gasteiger partial charge in [0.25, 0.3) is 0 Å². The fourth-order valence-corrected chi connectivity index (χ4v) is 2.84. The quantitative estimate of drug-likeness (QED) is 0.657. The first-order valence-electron chi connectivity index (χ1n) is 7.99. The standard InChI is InChI=1S/C19H31NO/c1-12(2)17-9-15(7)18(21-8)10-16(17)11-20-19(13(3)4)14(5)6/h9-14,19H,1-8H3. The van der Waals surface area contributed by atoms with E-state index in [0.29, 0.717) is 23.8 Å². The highest BCUT2D eigenvalue weighted by Crippen LogP contribution is 2.27. The van der Waals surface area contributed by atoms with Crippen LogP contribution in [0, 0.1) is 18.8 Å². The monoisotopic (exact) mass is 289 g/mol. The molecule has 0 aliphatic rings. The normalized spacial score (nSPS) is 12.4. The van der Waals surface area contributed by atoms with Crippen LogP contribution in [0.25, 0.3) is 0 Å². The molecular formula is C19H31NO. The Morgan fingerprint density at radius 2 is 1.57 bits per heavy atom. The van der Waals surface area contributed by atoms with Crippen LogP contribution in [-0.4, -0.2) is 19.4 Å². The lowest BCUT2D eigenvalue weighted by Gasteiger charge is -2.21. The van der Waals surface area contributed by atoms with Crippen LogP contribution >= 0.6 is 0 Å². The molecule has 2 heteroatoms. The highest BCUT2D eigenvalue weighted by Gasteiger charge is 2.16. The molecule has 0 atom stereocenters. The molecule has 0 saturated carbocycles. The molecule has 0 spiro atoms. The van der Waals surface area contributed by atoms with Crippen molar-refractivity contribution < 1.29 is 4.74 Å². The van der Waals surface area contributed by atoms with Crippen molar-refractivity contribution in [1.82, 2.24) is 0 Å². The molecule has 0 aliphatic heterocycles. The number of aryl methyl sites for hydroxylation is 1. The number of hydrogen-bond donors (Lipinski definition) is 0. The van der Waals surface area contributed by atoms with Gasteiger partial charge in [-0.25, -0.2) is 0 Å². The molecule has 0 unspecified atom stereocenters. The predicted octanol–water partition coefficient (Wildman–Crippen LogP) is 5.23. The van der Waals surface area contributed by atoms with Crippen molar-refractivity contribution in [2.75, 3.05) is 7.11 Å². The average Bonchev–Trinajstić information content (AvgIpc) is 2.38. The van der Waals surface area contributed by atoms with E-state index in [9.17, 15) is 0 Å². The molecule has 1 aromatic rings. The van der Waals surface area contributed by atoms with Gasteiger partial charge in [-0.15, -0.1) is 0 Å². The van der Waals surface area contributed by atoms with Gasteiger partial charge in [0, 0.05) is 6.21 Å². The summed E-state index contributed by atoms with van der Waals surface area (Å²) in [5, 5.41) is 0. The zero-order valence-electron chi connectivity index (χ0n) is 14.9. The number of nitrogens with zero attached hydrogens (tertiary/aromatic N) is 1. The zero-order valence-corrected chi connectivity index (χ0v) is 14.9. The van der Waals surface area contributed by atoms with E-state index in [1.54, 1.807) is 7.11 Å². The van der Waals surface area contributed by atoms with Crippen LogP contribution in [0.5, 0.6) is 5.75 Å². The van der Waals surface area contributed by atoms with Crippen LogP contribution in [0.15, 0.2) is 17.1 Å². The summed E-state index contributed by atoms with van der Waals surface area (Å²) in [5.74, 6) is 2.52. The van der Waals surface area contributed by atoms with Gasteiger partial charge < -0.3 is 4.74 Å². The van der Waals surface area contributed by atoms with E-state index in [2.05, 4.69) is 60.6 Å². The smallest absolute Gasteiger partial charge is 0.122 e. The SMILES string of the molecule is COc1cc(C=NC(C(C)C)C(C)C)c(C(C)C)cc1C. The lowest BCUT2D eigenvalue weighted by Crippen LogP contribution is -2.20. The molecule has 0 saturated heterocycles. The van der Waals surface area contributed by atoms with Crippen molar-refractivity contribution in [2.24, 2.45) is 16.8 Å². The Labute approximate surface area is 130 Å². The number of methoxy groups -OCH3 is 1. The van der Waals surface area contributed by atoms with Crippen LogP contribution in [0.2, 0.25) is 0 Å². The van der Waals surface area contributed by atoms with Gasteiger partial charge in [0.05, 0.1) is 13.2 Å². The van der Waals surface area contributed by atoms with Gasteiger partial charge >= 0.3 is 0 Å². The molecule has 0 amide bonds. The first kappa shape index (κ1) is 17.7. The van der Waals surface area contributed by atoms with Gasteiger partial charge in [0.1, 0.15) is 5.75 Å². The Morgan fingerprint density at radius 1 is 1.00 bits per heavy atom. The molecule has 0 heterocycles. The van der Waals surface area contributed by atoms with Crippen LogP contribution in [0.4, 0.5) is 0 Å². The number of aliphatic imine (C=N–C) groups is 1. The van der Waals surface area contributed by atoms with E-state index in [1.807, 2.05) is 6.21 Å². The highest BCUT2D eigenvalue weighted by molar-refractivity contribution is 5.83. The number of rotatable bonds is 6. The molecule has 1 rings (SSSR count). The Kier molecular flexibility index (Phi) is 6.44. The summed E-state index contributed by atoms with van der Waals surface area (Å²) in [7, 11) is 1.73. The first-order valence-corrected chi connectivity index (χ1v) is 7.99. The molecule has 0 aromatic heterocycles. The maximum absolute atomic E-state index is 5.46. The van der Waals surface area contributed by atoms with Crippen molar-refractivity contribution in [3.8, 4) is 5.75 Å². The Hall–Kier alpha value is -1.31. The van der Waals surface area contributed by atoms with Crippen LogP contribution in [0.1, 0.15) is 64.2 Å². The lowest BCUT2D eigenvalue weighted by atomic mass is 9.93. The maximum atomic E-state index is 5.46. The second kappa shape index (κ2) is 7.63. The van der Waals surface area contributed by atoms with Crippen molar-refractivity contribution in [3.05, 3.63) is 28.8 Å². The lowest BCUT2D eigenvalue weighted by molar-refractivity contribution is 0.390. The molecule has 21 heavy (non-hydrogen) atoms. The van der Waals surface area contributed by atoms with Gasteiger partial charge in [-0.2, -0.15) is 0 Å². The molecule has 1 aromatic carbocycles. The Bertz CT molecular complexity index is 479. The molecule has 0 bridgehead atoms. The van der Waals surface area contributed by atoms with Gasteiger partial charge in [0.2, 0.25) is 0 Å². The average molecular weight is 289 g/mol. The number of benzene rings is 1. The second-order valence-corrected chi connectivity index (χ2v) is 6.86. The van der Waals surface area contributed by atoms with Crippen LogP contribution < -0.4 is 4.74 Å². The Morgan fingerprint density at radius 3 is 2.00 bits per heavy atom. The van der Waals surface area contributed by atoms with Gasteiger partial charge in [0.15, 0.2) is 0 Å². The summed E-state index contributed by atoms with van der Waals surface area (Å²) < 4.78 is 5.46.